The second kappa shape index (κ2) is 8.91. The minimum atomic E-state index is -0.550. The molecule has 1 aromatic rings. The Morgan fingerprint density at radius 1 is 1.38 bits per heavy atom. The van der Waals surface area contributed by atoms with Crippen LogP contribution in [0.5, 0.6) is 0 Å². The Labute approximate surface area is 174 Å². The highest BCUT2D eigenvalue weighted by Crippen LogP contribution is 2.28. The molecule has 2 unspecified atom stereocenters. The van der Waals surface area contributed by atoms with Crippen molar-refractivity contribution in [1.29, 1.82) is 0 Å². The summed E-state index contributed by atoms with van der Waals surface area (Å²) in [5.41, 5.74) is 6.77. The molecule has 10 heteroatoms. The third-order valence-electron chi connectivity index (χ3n) is 5.02. The van der Waals surface area contributed by atoms with Crippen LogP contribution in [0.15, 0.2) is 18.2 Å². The Bertz CT molecular complexity index is 798. The fourth-order valence-electron chi connectivity index (χ4n) is 3.47. The first-order chi connectivity index (χ1) is 13.8. The van der Waals surface area contributed by atoms with Crippen molar-refractivity contribution in [3.05, 3.63) is 24.0 Å². The molecule has 0 saturated carbocycles. The SMILES string of the molecule is CC(=O)NCC1CN(c2ccc(N3CCN(C(=S)C(C)N)CC3)c(F)c2)C(=O)O1. The van der Waals surface area contributed by atoms with Gasteiger partial charge in [-0.15, -0.1) is 0 Å². The molecule has 0 spiro atoms. The lowest BCUT2D eigenvalue weighted by Crippen LogP contribution is -2.52. The molecule has 2 atom stereocenters. The molecule has 1 aromatic carbocycles. The van der Waals surface area contributed by atoms with E-state index >= 15 is 0 Å². The van der Waals surface area contributed by atoms with E-state index in [0.717, 1.165) is 4.99 Å². The van der Waals surface area contributed by atoms with E-state index in [-0.39, 0.29) is 25.0 Å². The first-order valence-corrected chi connectivity index (χ1v) is 9.98. The van der Waals surface area contributed by atoms with Crippen LogP contribution in [-0.2, 0) is 9.53 Å². The Morgan fingerprint density at radius 2 is 2.07 bits per heavy atom. The molecular weight excluding hydrogens is 397 g/mol. The van der Waals surface area contributed by atoms with Crippen molar-refractivity contribution in [2.75, 3.05) is 49.1 Å². The number of piperazine rings is 1. The van der Waals surface area contributed by atoms with E-state index < -0.39 is 18.0 Å². The second-order valence-electron chi connectivity index (χ2n) is 7.29. The molecule has 0 aromatic heterocycles. The summed E-state index contributed by atoms with van der Waals surface area (Å²) in [6.45, 7) is 6.37. The van der Waals surface area contributed by atoms with Gasteiger partial charge in [0.05, 0.1) is 35.5 Å². The van der Waals surface area contributed by atoms with Gasteiger partial charge in [-0.25, -0.2) is 9.18 Å². The van der Waals surface area contributed by atoms with Gasteiger partial charge in [0.1, 0.15) is 11.9 Å². The molecule has 2 heterocycles. The lowest BCUT2D eigenvalue weighted by molar-refractivity contribution is -0.119. The first kappa shape index (κ1) is 21.3. The minimum Gasteiger partial charge on any atom is -0.442 e. The van der Waals surface area contributed by atoms with Crippen molar-refractivity contribution in [1.82, 2.24) is 10.2 Å². The van der Waals surface area contributed by atoms with Crippen LogP contribution in [0.4, 0.5) is 20.6 Å². The van der Waals surface area contributed by atoms with E-state index in [1.54, 1.807) is 12.1 Å². The van der Waals surface area contributed by atoms with Crippen molar-refractivity contribution in [2.24, 2.45) is 5.73 Å². The van der Waals surface area contributed by atoms with Crippen molar-refractivity contribution < 1.29 is 18.7 Å². The first-order valence-electron chi connectivity index (χ1n) is 9.57. The van der Waals surface area contributed by atoms with E-state index in [1.165, 1.54) is 17.9 Å². The number of halogens is 1. The third kappa shape index (κ3) is 4.94. The third-order valence-corrected chi connectivity index (χ3v) is 5.65. The number of anilines is 2. The Kier molecular flexibility index (Phi) is 6.53. The van der Waals surface area contributed by atoms with Crippen LogP contribution in [0.25, 0.3) is 0 Å². The fraction of sp³-hybridized carbons (Fsp3) is 0.526. The summed E-state index contributed by atoms with van der Waals surface area (Å²) in [4.78, 5) is 29.2. The second-order valence-corrected chi connectivity index (χ2v) is 7.71. The lowest BCUT2D eigenvalue weighted by Gasteiger charge is -2.38. The summed E-state index contributed by atoms with van der Waals surface area (Å²) in [6, 6.07) is 4.55. The number of hydrogen-bond acceptors (Lipinski definition) is 6. The van der Waals surface area contributed by atoms with E-state index in [2.05, 4.69) is 10.2 Å². The molecule has 0 bridgehead atoms. The van der Waals surface area contributed by atoms with Crippen LogP contribution in [-0.4, -0.2) is 73.3 Å². The summed E-state index contributed by atoms with van der Waals surface area (Å²) in [6.07, 6.45) is -1.01. The summed E-state index contributed by atoms with van der Waals surface area (Å²) in [7, 11) is 0. The number of ether oxygens (including phenoxy) is 1. The smallest absolute Gasteiger partial charge is 0.414 e. The van der Waals surface area contributed by atoms with E-state index in [1.807, 2.05) is 11.8 Å². The van der Waals surface area contributed by atoms with Crippen LogP contribution in [0.2, 0.25) is 0 Å². The molecule has 158 valence electrons. The van der Waals surface area contributed by atoms with Gasteiger partial charge in [-0.2, -0.15) is 0 Å². The maximum atomic E-state index is 14.8. The molecule has 2 fully saturated rings. The normalized spacial score (nSPS) is 20.5. The van der Waals surface area contributed by atoms with Crippen molar-refractivity contribution >= 4 is 40.6 Å². The summed E-state index contributed by atoms with van der Waals surface area (Å²) >= 11 is 5.35. The summed E-state index contributed by atoms with van der Waals surface area (Å²) < 4.78 is 20.0. The number of benzene rings is 1. The van der Waals surface area contributed by atoms with Crippen LogP contribution in [0.1, 0.15) is 13.8 Å². The van der Waals surface area contributed by atoms with Crippen molar-refractivity contribution in [2.45, 2.75) is 26.0 Å². The largest absolute Gasteiger partial charge is 0.442 e. The predicted octanol–water partition coefficient (Wildman–Crippen LogP) is 1.08. The Morgan fingerprint density at radius 3 is 2.66 bits per heavy atom. The molecule has 2 saturated heterocycles. The number of nitrogens with one attached hydrogen (secondary N) is 1. The maximum absolute atomic E-state index is 14.8. The van der Waals surface area contributed by atoms with Gasteiger partial charge < -0.3 is 25.6 Å². The molecule has 8 nitrogen and oxygen atoms in total. The van der Waals surface area contributed by atoms with Gasteiger partial charge in [0, 0.05) is 33.1 Å². The lowest BCUT2D eigenvalue weighted by atomic mass is 10.2. The van der Waals surface area contributed by atoms with Gasteiger partial charge >= 0.3 is 6.09 Å². The van der Waals surface area contributed by atoms with E-state index in [4.69, 9.17) is 22.7 Å². The minimum absolute atomic E-state index is 0.178. The fourth-order valence-corrected chi connectivity index (χ4v) is 3.65. The molecule has 2 aliphatic rings. The molecule has 3 N–H and O–H groups in total. The van der Waals surface area contributed by atoms with Gasteiger partial charge in [0.2, 0.25) is 5.91 Å². The van der Waals surface area contributed by atoms with E-state index in [9.17, 15) is 14.0 Å². The Balaban J connectivity index is 1.63. The van der Waals surface area contributed by atoms with Crippen molar-refractivity contribution in [3.63, 3.8) is 0 Å². The maximum Gasteiger partial charge on any atom is 0.414 e. The number of cyclic esters (lactones) is 1. The van der Waals surface area contributed by atoms with Gasteiger partial charge in [0.25, 0.3) is 0 Å². The molecule has 0 aliphatic carbocycles. The molecule has 2 aliphatic heterocycles. The monoisotopic (exact) mass is 423 g/mol. The van der Waals surface area contributed by atoms with Crippen LogP contribution < -0.4 is 20.9 Å². The number of amides is 2. The number of hydrogen-bond donors (Lipinski definition) is 2. The number of carbonyl (C=O) groups excluding carboxylic acids is 2. The van der Waals surface area contributed by atoms with Crippen LogP contribution in [0, 0.1) is 5.82 Å². The van der Waals surface area contributed by atoms with Gasteiger partial charge in [-0.1, -0.05) is 12.2 Å². The predicted molar refractivity (Wildman–Crippen MR) is 113 cm³/mol. The zero-order valence-electron chi connectivity index (χ0n) is 16.6. The molecule has 3 rings (SSSR count). The number of rotatable bonds is 5. The average Bonchev–Trinajstić information content (AvgIpc) is 3.06. The van der Waals surface area contributed by atoms with E-state index in [0.29, 0.717) is 37.6 Å². The van der Waals surface area contributed by atoms with Crippen LogP contribution >= 0.6 is 12.2 Å². The molecule has 0 radical (unpaired) electrons. The topological polar surface area (TPSA) is 91.1 Å². The van der Waals surface area contributed by atoms with Crippen molar-refractivity contribution in [3.8, 4) is 0 Å². The van der Waals surface area contributed by atoms with Gasteiger partial charge in [-0.3, -0.25) is 9.69 Å². The number of nitrogens with zero attached hydrogens (tertiary/aromatic N) is 3. The van der Waals surface area contributed by atoms with Crippen LogP contribution in [0.3, 0.4) is 0 Å². The van der Waals surface area contributed by atoms with Gasteiger partial charge in [-0.05, 0) is 25.1 Å². The highest BCUT2D eigenvalue weighted by atomic mass is 32.1. The number of carbonyl (C=O) groups is 2. The molecule has 29 heavy (non-hydrogen) atoms. The quantitative estimate of drug-likeness (QED) is 0.685. The van der Waals surface area contributed by atoms with Gasteiger partial charge in [0.15, 0.2) is 0 Å². The standard InChI is InChI=1S/C19H26FN5O3S/c1-12(21)18(29)24-7-5-23(6-8-24)17-4-3-14(9-16(17)20)25-11-15(28-19(25)27)10-22-13(2)26/h3-4,9,12,15H,5-8,10-11,21H2,1-2H3,(H,22,26). The highest BCUT2D eigenvalue weighted by Gasteiger charge is 2.33. The summed E-state index contributed by atoms with van der Waals surface area (Å²) in [5, 5.41) is 2.62. The zero-order chi connectivity index (χ0) is 21.1. The Hall–Kier alpha value is -2.46. The number of thiocarbonyl (C=S) groups is 1. The zero-order valence-corrected chi connectivity index (χ0v) is 17.4. The highest BCUT2D eigenvalue weighted by molar-refractivity contribution is 7.80. The molecule has 2 amide bonds. The summed E-state index contributed by atoms with van der Waals surface area (Å²) in [5.74, 6) is -0.597. The number of nitrogens with two attached hydrogens (primary N) is 1. The molecular formula is C19H26FN5O3S. The average molecular weight is 424 g/mol.